The summed E-state index contributed by atoms with van der Waals surface area (Å²) in [4.78, 5) is 10.3. The van der Waals surface area contributed by atoms with Crippen LogP contribution in [0.4, 0.5) is 0 Å². The SMILES string of the molecule is CC(=O)OCCCCP(C)C. The summed E-state index contributed by atoms with van der Waals surface area (Å²) in [6, 6.07) is 0. The van der Waals surface area contributed by atoms with Crippen LogP contribution in [0.5, 0.6) is 0 Å². The first-order valence-electron chi connectivity index (χ1n) is 3.91. The number of carbonyl (C=O) groups excluding carboxylic acids is 1. The zero-order chi connectivity index (χ0) is 8.69. The molecule has 0 spiro atoms. The topological polar surface area (TPSA) is 26.3 Å². The molecule has 0 unspecified atom stereocenters. The normalized spacial score (nSPS) is 10.2. The van der Waals surface area contributed by atoms with Crippen molar-refractivity contribution in [3.05, 3.63) is 0 Å². The third kappa shape index (κ3) is 9.90. The molecular formula is C8H17O2P. The van der Waals surface area contributed by atoms with Gasteiger partial charge < -0.3 is 4.74 Å². The number of unbranched alkanes of at least 4 members (excludes halogenated alkanes) is 1. The van der Waals surface area contributed by atoms with Gasteiger partial charge in [-0.05, 0) is 32.3 Å². The number of ether oxygens (including phenoxy) is 1. The predicted octanol–water partition coefficient (Wildman–Crippen LogP) is 2.07. The second-order valence-corrected chi connectivity index (χ2v) is 5.46. The lowest BCUT2D eigenvalue weighted by atomic mass is 10.4. The molecule has 0 aromatic carbocycles. The Labute approximate surface area is 70.1 Å². The predicted molar refractivity (Wildman–Crippen MR) is 49.5 cm³/mol. The first-order chi connectivity index (χ1) is 5.13. The molecule has 0 atom stereocenters. The van der Waals surface area contributed by atoms with Gasteiger partial charge in [0.25, 0.3) is 0 Å². The second kappa shape index (κ2) is 6.60. The Balaban J connectivity index is 2.97. The quantitative estimate of drug-likeness (QED) is 0.364. The van der Waals surface area contributed by atoms with Gasteiger partial charge in [0.05, 0.1) is 6.61 Å². The Morgan fingerprint density at radius 3 is 2.45 bits per heavy atom. The molecule has 0 amide bonds. The van der Waals surface area contributed by atoms with Gasteiger partial charge in [0.2, 0.25) is 0 Å². The molecule has 0 saturated heterocycles. The third-order valence-electron chi connectivity index (χ3n) is 1.30. The van der Waals surface area contributed by atoms with E-state index in [2.05, 4.69) is 13.3 Å². The van der Waals surface area contributed by atoms with E-state index in [9.17, 15) is 4.79 Å². The van der Waals surface area contributed by atoms with E-state index in [-0.39, 0.29) is 13.9 Å². The summed E-state index contributed by atoms with van der Waals surface area (Å²) >= 11 is 0. The largest absolute Gasteiger partial charge is 0.466 e. The van der Waals surface area contributed by atoms with Gasteiger partial charge in [0, 0.05) is 6.92 Å². The van der Waals surface area contributed by atoms with Gasteiger partial charge in [0.1, 0.15) is 0 Å². The molecule has 0 heterocycles. The average molecular weight is 176 g/mol. The van der Waals surface area contributed by atoms with Crippen LogP contribution in [0, 0.1) is 0 Å². The molecule has 0 aromatic heterocycles. The summed E-state index contributed by atoms with van der Waals surface area (Å²) in [5.41, 5.74) is 0. The van der Waals surface area contributed by atoms with E-state index in [1.54, 1.807) is 0 Å². The van der Waals surface area contributed by atoms with Crippen molar-refractivity contribution in [2.45, 2.75) is 19.8 Å². The molecule has 0 aromatic rings. The summed E-state index contributed by atoms with van der Waals surface area (Å²) in [6.07, 6.45) is 3.49. The molecule has 0 aliphatic rings. The van der Waals surface area contributed by atoms with Gasteiger partial charge >= 0.3 is 5.97 Å². The number of carbonyl (C=O) groups is 1. The van der Waals surface area contributed by atoms with Crippen LogP contribution < -0.4 is 0 Å². The van der Waals surface area contributed by atoms with Crippen LogP contribution in [-0.4, -0.2) is 32.1 Å². The lowest BCUT2D eigenvalue weighted by Gasteiger charge is -2.04. The molecular weight excluding hydrogens is 159 g/mol. The minimum Gasteiger partial charge on any atom is -0.466 e. The standard InChI is InChI=1S/C8H17O2P/c1-8(9)10-6-4-5-7-11(2)3/h4-7H2,1-3H3. The Morgan fingerprint density at radius 1 is 1.36 bits per heavy atom. The lowest BCUT2D eigenvalue weighted by Crippen LogP contribution is -2.00. The molecule has 66 valence electrons. The van der Waals surface area contributed by atoms with E-state index in [1.165, 1.54) is 19.5 Å². The third-order valence-corrected chi connectivity index (χ3v) is 2.52. The van der Waals surface area contributed by atoms with Crippen LogP contribution in [0.25, 0.3) is 0 Å². The van der Waals surface area contributed by atoms with E-state index in [0.717, 1.165) is 6.42 Å². The maximum Gasteiger partial charge on any atom is 0.302 e. The molecule has 0 N–H and O–H groups in total. The molecule has 2 nitrogen and oxygen atoms in total. The van der Waals surface area contributed by atoms with Crippen LogP contribution in [0.3, 0.4) is 0 Å². The summed E-state index contributed by atoms with van der Waals surface area (Å²) in [7, 11) is 0.227. The van der Waals surface area contributed by atoms with E-state index in [1.807, 2.05) is 0 Å². The maximum atomic E-state index is 10.3. The smallest absolute Gasteiger partial charge is 0.302 e. The second-order valence-electron chi connectivity index (χ2n) is 2.85. The maximum absolute atomic E-state index is 10.3. The van der Waals surface area contributed by atoms with E-state index in [4.69, 9.17) is 4.74 Å². The lowest BCUT2D eigenvalue weighted by molar-refractivity contribution is -0.141. The monoisotopic (exact) mass is 176 g/mol. The molecule has 0 rings (SSSR count). The minimum atomic E-state index is -0.166. The highest BCUT2D eigenvalue weighted by atomic mass is 31.1. The molecule has 0 radical (unpaired) electrons. The van der Waals surface area contributed by atoms with Gasteiger partial charge in [-0.2, -0.15) is 0 Å². The Bertz CT molecular complexity index is 113. The number of esters is 1. The number of hydrogen-bond donors (Lipinski definition) is 0. The Morgan fingerprint density at radius 2 is 2.00 bits per heavy atom. The fourth-order valence-electron chi connectivity index (χ4n) is 0.746. The highest BCUT2D eigenvalue weighted by Crippen LogP contribution is 2.25. The minimum absolute atomic E-state index is 0.166. The van der Waals surface area contributed by atoms with Gasteiger partial charge in [0.15, 0.2) is 0 Å². The fourth-order valence-corrected chi connectivity index (χ4v) is 1.60. The van der Waals surface area contributed by atoms with Crippen molar-refractivity contribution in [3.63, 3.8) is 0 Å². The first kappa shape index (κ1) is 10.9. The summed E-state index contributed by atoms with van der Waals surface area (Å²) in [5.74, 6) is -0.166. The Kier molecular flexibility index (Phi) is 6.54. The van der Waals surface area contributed by atoms with E-state index >= 15 is 0 Å². The molecule has 3 heteroatoms. The van der Waals surface area contributed by atoms with Crippen LogP contribution in [0.15, 0.2) is 0 Å². The van der Waals surface area contributed by atoms with Crippen LogP contribution >= 0.6 is 7.92 Å². The average Bonchev–Trinajstić information content (AvgIpc) is 1.85. The van der Waals surface area contributed by atoms with Gasteiger partial charge in [-0.25, -0.2) is 0 Å². The van der Waals surface area contributed by atoms with Crippen molar-refractivity contribution >= 4 is 13.9 Å². The summed E-state index contributed by atoms with van der Waals surface area (Å²) < 4.78 is 4.79. The molecule has 0 aliphatic carbocycles. The summed E-state index contributed by atoms with van der Waals surface area (Å²) in [5, 5.41) is 0. The van der Waals surface area contributed by atoms with Gasteiger partial charge in [-0.15, -0.1) is 7.92 Å². The van der Waals surface area contributed by atoms with E-state index < -0.39 is 0 Å². The van der Waals surface area contributed by atoms with E-state index in [0.29, 0.717) is 6.61 Å². The molecule has 11 heavy (non-hydrogen) atoms. The van der Waals surface area contributed by atoms with Crippen molar-refractivity contribution in [1.29, 1.82) is 0 Å². The van der Waals surface area contributed by atoms with Crippen LogP contribution in [0.1, 0.15) is 19.8 Å². The van der Waals surface area contributed by atoms with Crippen molar-refractivity contribution < 1.29 is 9.53 Å². The van der Waals surface area contributed by atoms with Crippen molar-refractivity contribution in [2.75, 3.05) is 26.1 Å². The van der Waals surface area contributed by atoms with Gasteiger partial charge in [-0.1, -0.05) is 0 Å². The van der Waals surface area contributed by atoms with Gasteiger partial charge in [-0.3, -0.25) is 4.79 Å². The van der Waals surface area contributed by atoms with Crippen molar-refractivity contribution in [1.82, 2.24) is 0 Å². The van der Waals surface area contributed by atoms with Crippen LogP contribution in [-0.2, 0) is 9.53 Å². The summed E-state index contributed by atoms with van der Waals surface area (Å²) in [6.45, 7) is 6.58. The molecule has 0 fully saturated rings. The zero-order valence-corrected chi connectivity index (χ0v) is 8.49. The highest BCUT2D eigenvalue weighted by Gasteiger charge is 1.94. The number of rotatable bonds is 5. The fraction of sp³-hybridized carbons (Fsp3) is 0.875. The first-order valence-corrected chi connectivity index (χ1v) is 6.33. The molecule has 0 aliphatic heterocycles. The Hall–Kier alpha value is -0.100. The molecule has 0 bridgehead atoms. The highest BCUT2D eigenvalue weighted by molar-refractivity contribution is 7.55. The number of hydrogen-bond acceptors (Lipinski definition) is 2. The van der Waals surface area contributed by atoms with Crippen molar-refractivity contribution in [2.24, 2.45) is 0 Å². The van der Waals surface area contributed by atoms with Crippen LogP contribution in [0.2, 0.25) is 0 Å². The zero-order valence-electron chi connectivity index (χ0n) is 7.59. The van der Waals surface area contributed by atoms with Crippen molar-refractivity contribution in [3.8, 4) is 0 Å². The molecule has 0 saturated carbocycles.